The first kappa shape index (κ1) is 52.1. The summed E-state index contributed by atoms with van der Waals surface area (Å²) >= 11 is 0. The summed E-state index contributed by atoms with van der Waals surface area (Å²) in [6.45, 7) is 9.66. The van der Waals surface area contributed by atoms with Gasteiger partial charge in [0.05, 0.1) is 25.9 Å². The molecule has 9 heteroatoms. The van der Waals surface area contributed by atoms with Crippen LogP contribution in [-0.4, -0.2) is 39.3 Å². The van der Waals surface area contributed by atoms with Crippen molar-refractivity contribution in [3.05, 3.63) is 208 Å². The van der Waals surface area contributed by atoms with Crippen molar-refractivity contribution in [2.24, 2.45) is 5.92 Å². The molecule has 1 amide bonds. The predicted molar refractivity (Wildman–Crippen MR) is 314 cm³/mol. The molecule has 0 aromatic heterocycles. The summed E-state index contributed by atoms with van der Waals surface area (Å²) in [5, 5.41) is 4.61. The van der Waals surface area contributed by atoms with Gasteiger partial charge < -0.3 is 24.4 Å². The van der Waals surface area contributed by atoms with Gasteiger partial charge in [-0.1, -0.05) is 156 Å². The zero-order valence-corrected chi connectivity index (χ0v) is 45.5. The predicted octanol–water partition coefficient (Wildman–Crippen LogP) is 17.8. The number of carbonyl (C=O) groups excluding carboxylic acids is 1. The third-order valence-electron chi connectivity index (χ3n) is 17.6. The molecule has 1 N–H and O–H groups in total. The van der Waals surface area contributed by atoms with E-state index in [9.17, 15) is 4.79 Å². The lowest BCUT2D eigenvalue weighted by molar-refractivity contribution is -0.137. The average Bonchev–Trinajstić information content (AvgIpc) is 3.97. The molecule has 2 aliphatic carbocycles. The van der Waals surface area contributed by atoms with Gasteiger partial charge in [-0.05, 0) is 154 Å². The molecule has 2 heterocycles. The highest BCUT2D eigenvalue weighted by molar-refractivity contribution is 6.09. The van der Waals surface area contributed by atoms with Crippen LogP contribution in [0.2, 0.25) is 0 Å². The fourth-order valence-electron chi connectivity index (χ4n) is 13.2. The van der Waals surface area contributed by atoms with E-state index < -0.39 is 28.7 Å². The zero-order valence-electron chi connectivity index (χ0n) is 45.5. The fourth-order valence-corrected chi connectivity index (χ4v) is 13.2. The molecule has 402 valence electrons. The van der Waals surface area contributed by atoms with E-state index in [1.807, 2.05) is 60.7 Å². The second-order valence-corrected chi connectivity index (χ2v) is 22.6. The van der Waals surface area contributed by atoms with Crippen molar-refractivity contribution in [3.63, 3.8) is 0 Å². The van der Waals surface area contributed by atoms with Crippen molar-refractivity contribution in [2.45, 2.75) is 95.2 Å². The van der Waals surface area contributed by atoms with Crippen LogP contribution in [0, 0.1) is 5.92 Å². The van der Waals surface area contributed by atoms with E-state index >= 15 is 13.2 Å². The highest BCUT2D eigenvalue weighted by Crippen LogP contribution is 2.59. The third kappa shape index (κ3) is 9.79. The molecule has 12 rings (SSSR count). The van der Waals surface area contributed by atoms with Crippen molar-refractivity contribution in [2.75, 3.05) is 43.6 Å². The molecule has 8 aromatic carbocycles. The monoisotopic (exact) mass is 1060 g/mol. The molecule has 0 bridgehead atoms. The van der Waals surface area contributed by atoms with Crippen molar-refractivity contribution in [1.29, 1.82) is 0 Å². The molecular weight excluding hydrogens is 990 g/mol. The van der Waals surface area contributed by atoms with Gasteiger partial charge in [-0.25, -0.2) is 0 Å². The van der Waals surface area contributed by atoms with Crippen LogP contribution in [0.3, 0.4) is 0 Å². The van der Waals surface area contributed by atoms with Gasteiger partial charge in [-0.2, -0.15) is 13.2 Å². The van der Waals surface area contributed by atoms with E-state index in [4.69, 9.17) is 14.2 Å². The number of halogens is 3. The Morgan fingerprint density at radius 3 is 2.05 bits per heavy atom. The van der Waals surface area contributed by atoms with E-state index in [2.05, 4.69) is 104 Å². The minimum Gasteiger partial charge on any atom is -0.497 e. The van der Waals surface area contributed by atoms with Gasteiger partial charge in [0.15, 0.2) is 5.60 Å². The SMILES string of the molecule is CCCCCC1CCC(c2ccc(-c3ccc(C(=O)Nc4ccc(-c5ccc6c(c5)-c5c(c7c(c8ccccc58)OC(c5ccc(OC)cc5)(c5ccc(N8CCOCC8)cc5)C=C7)C6(C)C)c(C(F)(F)F)c4)cc3)cc2)CC1. The van der Waals surface area contributed by atoms with Gasteiger partial charge in [0.1, 0.15) is 11.5 Å². The van der Waals surface area contributed by atoms with Crippen LogP contribution in [0.1, 0.15) is 127 Å². The Hall–Kier alpha value is -7.62. The molecule has 1 atom stereocenters. The molecule has 0 radical (unpaired) electrons. The maximum absolute atomic E-state index is 15.3. The lowest BCUT2D eigenvalue weighted by Crippen LogP contribution is -2.37. The number of methoxy groups -OCH3 is 1. The first-order valence-electron chi connectivity index (χ1n) is 28.3. The van der Waals surface area contributed by atoms with Gasteiger partial charge >= 0.3 is 6.18 Å². The Bertz CT molecular complexity index is 3570. The standard InChI is InChI=1S/C70H67F3N2O4/c1-5-6-7-10-45-13-15-46(16-14-45)47-17-19-48(20-18-47)49-21-23-50(24-22-49)67(76)74-54-30-35-57(63(44-54)70(71,72)73)51-25-36-62-61(43-51)64-58-11-8-9-12-59(58)66-60(65(64)68(62,2)3)37-38-69(79-66,53-28-33-56(77-4)34-29-53)52-26-31-55(32-27-52)75-39-41-78-42-40-75/h8-9,11-12,17-38,43-46H,5-7,10,13-16,39-42H2,1-4H3,(H,74,76). The number of carbonyl (C=O) groups is 1. The lowest BCUT2D eigenvalue weighted by Gasteiger charge is -2.38. The normalized spacial score (nSPS) is 19.3. The summed E-state index contributed by atoms with van der Waals surface area (Å²) in [6, 6.07) is 50.6. The van der Waals surface area contributed by atoms with E-state index in [0.717, 1.165) is 103 Å². The second-order valence-electron chi connectivity index (χ2n) is 22.6. The molecule has 8 aromatic rings. The van der Waals surface area contributed by atoms with Crippen molar-refractivity contribution < 1.29 is 32.2 Å². The lowest BCUT2D eigenvalue weighted by atomic mass is 9.76. The Kier molecular flexibility index (Phi) is 14.0. The van der Waals surface area contributed by atoms with Gasteiger partial charge in [-0.3, -0.25) is 4.79 Å². The summed E-state index contributed by atoms with van der Waals surface area (Å²) in [5.74, 6) is 2.45. The number of nitrogens with zero attached hydrogens (tertiary/aromatic N) is 1. The smallest absolute Gasteiger partial charge is 0.417 e. The highest BCUT2D eigenvalue weighted by atomic mass is 19.4. The zero-order chi connectivity index (χ0) is 54.5. The average molecular weight is 1060 g/mol. The van der Waals surface area contributed by atoms with E-state index in [1.165, 1.54) is 63.0 Å². The van der Waals surface area contributed by atoms with Crippen LogP contribution in [0.4, 0.5) is 24.5 Å². The Labute approximate surface area is 462 Å². The molecule has 1 unspecified atom stereocenters. The molecule has 6 nitrogen and oxygen atoms in total. The maximum atomic E-state index is 15.3. The first-order chi connectivity index (χ1) is 38.3. The molecule has 1 saturated carbocycles. The number of fused-ring (bicyclic) bond motifs is 8. The van der Waals surface area contributed by atoms with E-state index in [1.54, 1.807) is 31.4 Å². The number of amides is 1. The topological polar surface area (TPSA) is 60.0 Å². The summed E-state index contributed by atoms with van der Waals surface area (Å²) in [5.41, 5.74) is 9.75. The van der Waals surface area contributed by atoms with Gasteiger partial charge in [0.2, 0.25) is 0 Å². The minimum absolute atomic E-state index is 0.0272. The van der Waals surface area contributed by atoms with Crippen LogP contribution in [0.5, 0.6) is 11.5 Å². The number of unbranched alkanes of at least 4 members (excludes halogenated alkanes) is 2. The first-order valence-corrected chi connectivity index (χ1v) is 28.3. The number of nitrogens with one attached hydrogen (secondary N) is 1. The van der Waals surface area contributed by atoms with E-state index in [0.29, 0.717) is 30.3 Å². The number of ether oxygens (including phenoxy) is 3. The summed E-state index contributed by atoms with van der Waals surface area (Å²) < 4.78 is 64.7. The third-order valence-corrected chi connectivity index (χ3v) is 17.6. The van der Waals surface area contributed by atoms with Crippen molar-refractivity contribution >= 4 is 34.1 Å². The number of morpholine rings is 1. The maximum Gasteiger partial charge on any atom is 0.417 e. The van der Waals surface area contributed by atoms with Crippen LogP contribution < -0.4 is 19.7 Å². The van der Waals surface area contributed by atoms with Crippen LogP contribution in [0.15, 0.2) is 164 Å². The van der Waals surface area contributed by atoms with Gasteiger partial charge in [0, 0.05) is 57.5 Å². The van der Waals surface area contributed by atoms with Crippen molar-refractivity contribution in [3.8, 4) is 44.9 Å². The quantitative estimate of drug-likeness (QED) is 0.117. The van der Waals surface area contributed by atoms with Gasteiger partial charge in [-0.15, -0.1) is 0 Å². The number of alkyl halides is 3. The Morgan fingerprint density at radius 1 is 0.722 bits per heavy atom. The van der Waals surface area contributed by atoms with Crippen LogP contribution >= 0.6 is 0 Å². The minimum atomic E-state index is -4.72. The highest BCUT2D eigenvalue weighted by Gasteiger charge is 2.45. The van der Waals surface area contributed by atoms with Crippen molar-refractivity contribution in [1.82, 2.24) is 0 Å². The number of benzene rings is 8. The Morgan fingerprint density at radius 2 is 1.38 bits per heavy atom. The van der Waals surface area contributed by atoms with Gasteiger partial charge in [0.25, 0.3) is 5.91 Å². The molecule has 2 aliphatic heterocycles. The molecule has 4 aliphatic rings. The number of hydrogen-bond acceptors (Lipinski definition) is 5. The second kappa shape index (κ2) is 21.2. The molecule has 2 fully saturated rings. The van der Waals surface area contributed by atoms with Crippen LogP contribution in [0.25, 0.3) is 50.2 Å². The Balaban J connectivity index is 0.828. The number of hydrogen-bond donors (Lipinski definition) is 1. The van der Waals surface area contributed by atoms with Crippen LogP contribution in [-0.2, 0) is 21.9 Å². The summed E-state index contributed by atoms with van der Waals surface area (Å²) in [4.78, 5) is 16.0. The molecule has 1 saturated heterocycles. The number of rotatable bonds is 13. The summed E-state index contributed by atoms with van der Waals surface area (Å²) in [6.07, 6.45) is 10.0. The molecule has 79 heavy (non-hydrogen) atoms. The summed E-state index contributed by atoms with van der Waals surface area (Å²) in [7, 11) is 1.66. The number of anilines is 2. The largest absolute Gasteiger partial charge is 0.497 e. The fraction of sp³-hybridized carbons (Fsp3) is 0.300. The van der Waals surface area contributed by atoms with E-state index in [-0.39, 0.29) is 11.3 Å². The molecule has 0 spiro atoms. The molecular formula is C70H67F3N2O4.